The molecule has 16 atom stereocenters. The highest BCUT2D eigenvalue weighted by atomic mass is 16.7. The van der Waals surface area contributed by atoms with Crippen LogP contribution < -0.4 is 9.47 Å². The number of nitrogens with zero attached hydrogens (tertiary/aromatic N) is 2. The van der Waals surface area contributed by atoms with Gasteiger partial charge in [0.1, 0.15) is 11.5 Å². The lowest BCUT2D eigenvalue weighted by Gasteiger charge is -2.58. The standard InChI is InChI=1S/C67H96N2O7/c1-41(2)13-11-15-43(5)55-23-25-57-51-21-17-47-37-45(29-33-64(47,7)59(51)31-35-66(55,57)9)53-39-49(68(71)72)19-27-61(53)75-63(70)76-62-28-20-50(69(73)74)40-54(62)46-30-34-65(8)48(38-46)18-22-52-58-26-24-56(44(6)16-12-14-42(3)4)67(58,10)36-32-60(52)65/h17-20,27-28,39-46,51-52,55-60H,11-16,21-26,29-38H2,1-10H3/t43-,44-,45+,46+,51+,52+,55-,56-,57+,58+,59+,60+,64+,65+,66-,67-/m1/s1. The van der Waals surface area contributed by atoms with Gasteiger partial charge in [0.25, 0.3) is 11.4 Å². The Morgan fingerprint density at radius 1 is 0.553 bits per heavy atom. The van der Waals surface area contributed by atoms with Crippen LogP contribution in [0.3, 0.4) is 0 Å². The largest absolute Gasteiger partial charge is 0.519 e. The predicted molar refractivity (Wildman–Crippen MR) is 304 cm³/mol. The number of allylic oxidation sites excluding steroid dienone is 4. The van der Waals surface area contributed by atoms with Gasteiger partial charge in [-0.15, -0.1) is 0 Å². The molecule has 416 valence electrons. The molecule has 6 saturated carbocycles. The molecule has 8 aliphatic carbocycles. The van der Waals surface area contributed by atoms with Crippen molar-refractivity contribution in [3.8, 4) is 11.5 Å². The van der Waals surface area contributed by atoms with E-state index in [0.717, 1.165) is 98.7 Å². The third-order valence-corrected chi connectivity index (χ3v) is 24.3. The number of hydrogen-bond acceptors (Lipinski definition) is 7. The van der Waals surface area contributed by atoms with Crippen LogP contribution in [0.25, 0.3) is 0 Å². The molecule has 0 amide bonds. The zero-order valence-corrected chi connectivity index (χ0v) is 48.5. The van der Waals surface area contributed by atoms with Crippen molar-refractivity contribution in [2.24, 2.45) is 92.7 Å². The number of carbonyl (C=O) groups is 1. The van der Waals surface area contributed by atoms with Gasteiger partial charge in [0.05, 0.1) is 9.85 Å². The van der Waals surface area contributed by atoms with Crippen molar-refractivity contribution in [1.29, 1.82) is 0 Å². The first-order valence-electron chi connectivity index (χ1n) is 31.0. The highest BCUT2D eigenvalue weighted by Crippen LogP contribution is 2.70. The molecule has 9 heteroatoms. The first-order valence-corrected chi connectivity index (χ1v) is 31.0. The molecular weight excluding hydrogens is 945 g/mol. The molecule has 0 aromatic heterocycles. The highest BCUT2D eigenvalue weighted by Gasteiger charge is 2.61. The first kappa shape index (κ1) is 55.3. The van der Waals surface area contributed by atoms with Crippen LogP contribution in [-0.2, 0) is 0 Å². The summed E-state index contributed by atoms with van der Waals surface area (Å²) in [6, 6.07) is 9.17. The molecule has 0 radical (unpaired) electrons. The normalized spacial score (nSPS) is 37.3. The Kier molecular flexibility index (Phi) is 15.7. The minimum absolute atomic E-state index is 0.0235. The van der Waals surface area contributed by atoms with Crippen molar-refractivity contribution in [3.05, 3.63) is 91.1 Å². The van der Waals surface area contributed by atoms with Gasteiger partial charge in [-0.25, -0.2) is 4.79 Å². The number of nitro groups is 2. The average Bonchev–Trinajstić information content (AvgIpc) is 4.00. The van der Waals surface area contributed by atoms with E-state index in [1.165, 1.54) is 113 Å². The zero-order valence-electron chi connectivity index (χ0n) is 48.5. The molecule has 0 bridgehead atoms. The molecule has 6 fully saturated rings. The van der Waals surface area contributed by atoms with Crippen molar-refractivity contribution in [3.63, 3.8) is 0 Å². The molecule has 9 nitrogen and oxygen atoms in total. The third kappa shape index (κ3) is 10.1. The molecule has 0 aliphatic heterocycles. The molecule has 2 aromatic rings. The van der Waals surface area contributed by atoms with Gasteiger partial charge in [-0.2, -0.15) is 0 Å². The second kappa shape index (κ2) is 21.6. The summed E-state index contributed by atoms with van der Waals surface area (Å²) in [6.45, 7) is 24.8. The fraction of sp³-hybridized carbons (Fsp3) is 0.746. The number of benzene rings is 2. The van der Waals surface area contributed by atoms with Crippen LogP contribution in [-0.4, -0.2) is 16.0 Å². The van der Waals surface area contributed by atoms with Crippen molar-refractivity contribution >= 4 is 17.5 Å². The van der Waals surface area contributed by atoms with Crippen LogP contribution in [0.2, 0.25) is 0 Å². The lowest BCUT2D eigenvalue weighted by molar-refractivity contribution is -0.385. The van der Waals surface area contributed by atoms with E-state index in [1.54, 1.807) is 24.3 Å². The second-order valence-corrected chi connectivity index (χ2v) is 28.9. The monoisotopic (exact) mass is 1040 g/mol. The number of carbonyl (C=O) groups excluding carboxylic acids is 1. The summed E-state index contributed by atoms with van der Waals surface area (Å²) in [4.78, 5) is 38.0. The molecule has 2 aromatic carbocycles. The Labute approximate surface area is 457 Å². The molecule has 0 unspecified atom stereocenters. The van der Waals surface area contributed by atoms with E-state index in [-0.39, 0.29) is 55.4 Å². The Balaban J connectivity index is 0.832. The summed E-state index contributed by atoms with van der Waals surface area (Å²) < 4.78 is 12.3. The Morgan fingerprint density at radius 2 is 0.961 bits per heavy atom. The van der Waals surface area contributed by atoms with Gasteiger partial charge in [0.15, 0.2) is 0 Å². The molecule has 8 aliphatic rings. The van der Waals surface area contributed by atoms with Crippen molar-refractivity contribution < 1.29 is 24.1 Å². The van der Waals surface area contributed by atoms with Gasteiger partial charge in [-0.1, -0.05) is 131 Å². The third-order valence-electron chi connectivity index (χ3n) is 24.3. The maximum Gasteiger partial charge on any atom is 0.519 e. The van der Waals surface area contributed by atoms with Crippen LogP contribution in [0.1, 0.15) is 233 Å². The van der Waals surface area contributed by atoms with E-state index in [0.29, 0.717) is 45.6 Å². The fourth-order valence-electron chi connectivity index (χ4n) is 20.2. The molecule has 0 spiro atoms. The van der Waals surface area contributed by atoms with Gasteiger partial charge in [-0.05, 0) is 219 Å². The average molecular weight is 1040 g/mol. The summed E-state index contributed by atoms with van der Waals surface area (Å²) in [5, 5.41) is 24.6. The zero-order chi connectivity index (χ0) is 54.1. The van der Waals surface area contributed by atoms with Gasteiger partial charge in [0, 0.05) is 35.4 Å². The quantitative estimate of drug-likeness (QED) is 0.0539. The summed E-state index contributed by atoms with van der Waals surface area (Å²) in [5.41, 5.74) is 5.23. The number of fused-ring (bicyclic) bond motifs is 10. The van der Waals surface area contributed by atoms with E-state index in [4.69, 9.17) is 9.47 Å². The van der Waals surface area contributed by atoms with Crippen LogP contribution >= 0.6 is 0 Å². The number of hydrogen-bond donors (Lipinski definition) is 0. The highest BCUT2D eigenvalue weighted by molar-refractivity contribution is 5.69. The van der Waals surface area contributed by atoms with E-state index >= 15 is 0 Å². The summed E-state index contributed by atoms with van der Waals surface area (Å²) >= 11 is 0. The Morgan fingerprint density at radius 3 is 1.34 bits per heavy atom. The minimum atomic E-state index is -0.935. The number of non-ortho nitro benzene ring substituents is 2. The molecule has 0 heterocycles. The van der Waals surface area contributed by atoms with Crippen molar-refractivity contribution in [1.82, 2.24) is 0 Å². The molecule has 10 rings (SSSR count). The van der Waals surface area contributed by atoms with Crippen molar-refractivity contribution in [2.75, 3.05) is 0 Å². The maximum atomic E-state index is 14.1. The van der Waals surface area contributed by atoms with Crippen molar-refractivity contribution in [2.45, 2.75) is 222 Å². The number of rotatable bonds is 16. The topological polar surface area (TPSA) is 122 Å². The van der Waals surface area contributed by atoms with E-state index < -0.39 is 6.16 Å². The number of ether oxygens (including phenoxy) is 2. The summed E-state index contributed by atoms with van der Waals surface area (Å²) in [5.74, 6) is 9.35. The Bertz CT molecular complexity index is 2390. The van der Waals surface area contributed by atoms with Gasteiger partial charge < -0.3 is 9.47 Å². The summed E-state index contributed by atoms with van der Waals surface area (Å²) in [6.07, 6.45) is 30.3. The fourth-order valence-corrected chi connectivity index (χ4v) is 20.2. The molecule has 0 N–H and O–H groups in total. The van der Waals surface area contributed by atoms with Gasteiger partial charge in [0.2, 0.25) is 0 Å². The van der Waals surface area contributed by atoms with E-state index in [2.05, 4.69) is 81.4 Å². The molecule has 76 heavy (non-hydrogen) atoms. The lowest BCUT2D eigenvalue weighted by Crippen LogP contribution is -2.50. The number of nitro benzene ring substituents is 2. The predicted octanol–water partition coefficient (Wildman–Crippen LogP) is 19.3. The molecular formula is C67H96N2O7. The van der Waals surface area contributed by atoms with E-state index in [9.17, 15) is 25.0 Å². The summed E-state index contributed by atoms with van der Waals surface area (Å²) in [7, 11) is 0. The van der Waals surface area contributed by atoms with Crippen LogP contribution in [0.15, 0.2) is 59.7 Å². The smallest absolute Gasteiger partial charge is 0.394 e. The van der Waals surface area contributed by atoms with Gasteiger partial charge >= 0.3 is 6.16 Å². The van der Waals surface area contributed by atoms with Gasteiger partial charge in [-0.3, -0.25) is 20.2 Å². The maximum absolute atomic E-state index is 14.1. The second-order valence-electron chi connectivity index (χ2n) is 28.9. The lowest BCUT2D eigenvalue weighted by atomic mass is 9.46. The molecule has 0 saturated heterocycles. The first-order chi connectivity index (χ1) is 36.1. The van der Waals surface area contributed by atoms with Crippen LogP contribution in [0.4, 0.5) is 16.2 Å². The van der Waals surface area contributed by atoms with Crippen LogP contribution in [0, 0.1) is 113 Å². The SMILES string of the molecule is CC(C)CCC[C@@H](C)[C@H]1CC[C@H]2[C@@H]3CC=C4C[C@@H](c5cc([N+](=O)[O-])ccc5OC(=O)Oc5ccc([N+](=O)[O-])cc5[C@H]5CC[C@@]6(C)C(=CC[C@H]7[C@@H]8CC[C@H]([C@H](C)CCCC(C)C)[C@@]8(C)CC[C@@H]76)C5)CC[C@]4(C)[C@H]3CC[C@]12C. The minimum Gasteiger partial charge on any atom is -0.394 e. The Hall–Kier alpha value is -4.01. The van der Waals surface area contributed by atoms with E-state index in [1.807, 2.05) is 0 Å². The van der Waals surface area contributed by atoms with Crippen LogP contribution in [0.5, 0.6) is 11.5 Å².